The second-order valence-corrected chi connectivity index (χ2v) is 7.04. The van der Waals surface area contributed by atoms with Gasteiger partial charge in [-0.05, 0) is 49.2 Å². The zero-order chi connectivity index (χ0) is 19.7. The van der Waals surface area contributed by atoms with Crippen molar-refractivity contribution >= 4 is 5.91 Å². The minimum atomic E-state index is -0.117. The molecule has 1 aliphatic heterocycles. The highest BCUT2D eigenvalue weighted by molar-refractivity contribution is 5.80. The maximum atomic E-state index is 12.6. The van der Waals surface area contributed by atoms with Crippen LogP contribution in [0.4, 0.5) is 0 Å². The largest absolute Gasteiger partial charge is 0.508 e. The Bertz CT molecular complexity index is 988. The summed E-state index contributed by atoms with van der Waals surface area (Å²) in [5.74, 6) is 1.63. The maximum absolute atomic E-state index is 12.6. The molecule has 0 fully saturated rings. The Morgan fingerprint density at radius 2 is 1.93 bits per heavy atom. The third kappa shape index (κ3) is 3.58. The topological polar surface area (TPSA) is 84.6 Å². The molecule has 6 nitrogen and oxygen atoms in total. The number of amides is 1. The van der Waals surface area contributed by atoms with Crippen molar-refractivity contribution in [1.82, 2.24) is 10.5 Å². The number of aromatic nitrogens is 1. The number of hydrogen-bond donors (Lipinski definition) is 2. The highest BCUT2D eigenvalue weighted by atomic mass is 16.5. The van der Waals surface area contributed by atoms with Crippen molar-refractivity contribution in [3.8, 4) is 22.6 Å². The molecule has 0 bridgehead atoms. The van der Waals surface area contributed by atoms with E-state index in [1.807, 2.05) is 44.2 Å². The van der Waals surface area contributed by atoms with Crippen LogP contribution in [0.25, 0.3) is 11.1 Å². The Hall–Kier alpha value is -3.28. The van der Waals surface area contributed by atoms with Gasteiger partial charge < -0.3 is 19.7 Å². The van der Waals surface area contributed by atoms with Gasteiger partial charge in [-0.2, -0.15) is 0 Å². The zero-order valence-electron chi connectivity index (χ0n) is 15.9. The van der Waals surface area contributed by atoms with E-state index in [1.54, 1.807) is 12.1 Å². The molecule has 0 aliphatic carbocycles. The molecule has 4 rings (SSSR count). The molecule has 1 amide bonds. The number of benzene rings is 2. The number of aromatic hydroxyl groups is 1. The maximum Gasteiger partial charge on any atom is 0.225 e. The molecule has 28 heavy (non-hydrogen) atoms. The van der Waals surface area contributed by atoms with Gasteiger partial charge in [0.05, 0.1) is 24.8 Å². The van der Waals surface area contributed by atoms with Gasteiger partial charge in [0.25, 0.3) is 0 Å². The molecule has 2 N–H and O–H groups in total. The second kappa shape index (κ2) is 7.38. The summed E-state index contributed by atoms with van der Waals surface area (Å²) in [6.07, 6.45) is 0.949. The molecule has 2 heterocycles. The number of rotatable bonds is 4. The van der Waals surface area contributed by atoms with E-state index in [-0.39, 0.29) is 24.1 Å². The molecule has 0 spiro atoms. The third-order valence-electron chi connectivity index (χ3n) is 5.10. The van der Waals surface area contributed by atoms with Crippen LogP contribution in [0.5, 0.6) is 11.5 Å². The SMILES string of the molecule is Cc1noc(C)c1CC(=O)NC1CCOc2ccc(-c3ccc(O)cc3)cc21. The molecule has 0 saturated carbocycles. The van der Waals surface area contributed by atoms with E-state index < -0.39 is 0 Å². The predicted octanol–water partition coefficient (Wildman–Crippen LogP) is 3.85. The van der Waals surface area contributed by atoms with Crippen molar-refractivity contribution in [3.63, 3.8) is 0 Å². The molecule has 1 unspecified atom stereocenters. The van der Waals surface area contributed by atoms with Gasteiger partial charge in [0.2, 0.25) is 5.91 Å². The summed E-state index contributed by atoms with van der Waals surface area (Å²) in [7, 11) is 0. The van der Waals surface area contributed by atoms with Gasteiger partial charge in [0.1, 0.15) is 17.3 Å². The number of nitrogens with one attached hydrogen (secondary N) is 1. The lowest BCUT2D eigenvalue weighted by Gasteiger charge is -2.27. The number of hydrogen-bond acceptors (Lipinski definition) is 5. The highest BCUT2D eigenvalue weighted by Crippen LogP contribution is 2.36. The van der Waals surface area contributed by atoms with E-state index in [4.69, 9.17) is 9.26 Å². The van der Waals surface area contributed by atoms with E-state index in [9.17, 15) is 9.90 Å². The summed E-state index contributed by atoms with van der Waals surface area (Å²) in [5.41, 5.74) is 4.54. The molecule has 1 aromatic heterocycles. The lowest BCUT2D eigenvalue weighted by atomic mass is 9.95. The third-order valence-corrected chi connectivity index (χ3v) is 5.10. The minimum absolute atomic E-state index is 0.0673. The number of carbonyl (C=O) groups excluding carboxylic acids is 1. The molecule has 1 atom stereocenters. The number of phenols is 1. The van der Waals surface area contributed by atoms with E-state index >= 15 is 0 Å². The highest BCUT2D eigenvalue weighted by Gasteiger charge is 2.24. The van der Waals surface area contributed by atoms with Gasteiger partial charge in [-0.3, -0.25) is 4.79 Å². The average molecular weight is 378 g/mol. The predicted molar refractivity (Wildman–Crippen MR) is 104 cm³/mol. The second-order valence-electron chi connectivity index (χ2n) is 7.04. The Morgan fingerprint density at radius 3 is 2.64 bits per heavy atom. The fourth-order valence-electron chi connectivity index (χ4n) is 3.54. The molecule has 2 aromatic carbocycles. The van der Waals surface area contributed by atoms with Crippen LogP contribution in [-0.4, -0.2) is 22.8 Å². The number of ether oxygens (including phenoxy) is 1. The van der Waals surface area contributed by atoms with E-state index in [0.29, 0.717) is 18.8 Å². The molecule has 1 aliphatic rings. The van der Waals surface area contributed by atoms with E-state index in [2.05, 4.69) is 10.5 Å². The fraction of sp³-hybridized carbons (Fsp3) is 0.273. The van der Waals surface area contributed by atoms with Gasteiger partial charge in [-0.15, -0.1) is 0 Å². The zero-order valence-corrected chi connectivity index (χ0v) is 15.9. The Morgan fingerprint density at radius 1 is 1.18 bits per heavy atom. The Kier molecular flexibility index (Phi) is 4.77. The van der Waals surface area contributed by atoms with Crippen LogP contribution in [0.3, 0.4) is 0 Å². The first kappa shape index (κ1) is 18.1. The molecule has 3 aromatic rings. The summed E-state index contributed by atoms with van der Waals surface area (Å²) >= 11 is 0. The quantitative estimate of drug-likeness (QED) is 0.720. The van der Waals surface area contributed by atoms with Gasteiger partial charge in [-0.1, -0.05) is 23.4 Å². The first-order valence-electron chi connectivity index (χ1n) is 9.28. The summed E-state index contributed by atoms with van der Waals surface area (Å²) in [5, 5.41) is 16.5. The lowest BCUT2D eigenvalue weighted by Crippen LogP contribution is -2.33. The average Bonchev–Trinajstić information content (AvgIpc) is 3.00. The molecular weight excluding hydrogens is 356 g/mol. The standard InChI is InChI=1S/C22H22N2O4/c1-13-18(14(2)28-24-13)12-22(26)23-20-9-10-27-21-8-5-16(11-19(20)21)15-3-6-17(25)7-4-15/h3-8,11,20,25H,9-10,12H2,1-2H3,(H,23,26). The van der Waals surface area contributed by atoms with Gasteiger partial charge >= 0.3 is 0 Å². The van der Waals surface area contributed by atoms with Crippen molar-refractivity contribution in [2.75, 3.05) is 6.61 Å². The lowest BCUT2D eigenvalue weighted by molar-refractivity contribution is -0.121. The molecule has 144 valence electrons. The van der Waals surface area contributed by atoms with Crippen molar-refractivity contribution < 1.29 is 19.2 Å². The number of phenolic OH excluding ortho intramolecular Hbond substituents is 1. The van der Waals surface area contributed by atoms with Crippen molar-refractivity contribution in [2.24, 2.45) is 0 Å². The number of aryl methyl sites for hydroxylation is 2. The van der Waals surface area contributed by atoms with Crippen molar-refractivity contribution in [3.05, 3.63) is 65.0 Å². The van der Waals surface area contributed by atoms with E-state index in [1.165, 1.54) is 0 Å². The number of fused-ring (bicyclic) bond motifs is 1. The normalized spacial score (nSPS) is 15.6. The van der Waals surface area contributed by atoms with Crippen molar-refractivity contribution in [1.29, 1.82) is 0 Å². The van der Waals surface area contributed by atoms with Crippen LogP contribution < -0.4 is 10.1 Å². The van der Waals surface area contributed by atoms with Gasteiger partial charge in [0, 0.05) is 17.5 Å². The Labute approximate surface area is 163 Å². The molecule has 6 heteroatoms. The Balaban J connectivity index is 1.56. The van der Waals surface area contributed by atoms with Crippen LogP contribution in [0, 0.1) is 13.8 Å². The monoisotopic (exact) mass is 378 g/mol. The van der Waals surface area contributed by atoms with Gasteiger partial charge in [0.15, 0.2) is 0 Å². The molecular formula is C22H22N2O4. The van der Waals surface area contributed by atoms with Crippen LogP contribution in [0.1, 0.15) is 35.0 Å². The first-order valence-corrected chi connectivity index (χ1v) is 9.28. The first-order chi connectivity index (χ1) is 13.5. The van der Waals surface area contributed by atoms with E-state index in [0.717, 1.165) is 33.7 Å². The van der Waals surface area contributed by atoms with Crippen LogP contribution >= 0.6 is 0 Å². The minimum Gasteiger partial charge on any atom is -0.508 e. The van der Waals surface area contributed by atoms with Crippen LogP contribution in [-0.2, 0) is 11.2 Å². The summed E-state index contributed by atoms with van der Waals surface area (Å²) < 4.78 is 10.9. The van der Waals surface area contributed by atoms with Crippen LogP contribution in [0.2, 0.25) is 0 Å². The fourth-order valence-corrected chi connectivity index (χ4v) is 3.54. The summed E-state index contributed by atoms with van der Waals surface area (Å²) in [6.45, 7) is 4.21. The van der Waals surface area contributed by atoms with Crippen LogP contribution in [0.15, 0.2) is 47.0 Å². The van der Waals surface area contributed by atoms with Crippen molar-refractivity contribution in [2.45, 2.75) is 32.7 Å². The number of carbonyl (C=O) groups is 1. The molecule has 0 radical (unpaired) electrons. The summed E-state index contributed by atoms with van der Waals surface area (Å²) in [6, 6.07) is 12.9. The number of nitrogens with zero attached hydrogens (tertiary/aromatic N) is 1. The smallest absolute Gasteiger partial charge is 0.225 e. The summed E-state index contributed by atoms with van der Waals surface area (Å²) in [4.78, 5) is 12.6. The molecule has 0 saturated heterocycles. The van der Waals surface area contributed by atoms with Gasteiger partial charge in [-0.25, -0.2) is 0 Å².